The minimum absolute atomic E-state index is 0.113. The molecule has 27 heavy (non-hydrogen) atoms. The average Bonchev–Trinajstić information content (AvgIpc) is 3.26. The van der Waals surface area contributed by atoms with Crippen LogP contribution in [0.4, 0.5) is 10.1 Å². The van der Waals surface area contributed by atoms with Crippen LogP contribution in [0.2, 0.25) is 0 Å². The molecule has 0 aliphatic rings. The Hall–Kier alpha value is -3.03. The minimum Gasteiger partial charge on any atom is -0.467 e. The van der Waals surface area contributed by atoms with E-state index in [2.05, 4.69) is 4.74 Å². The van der Waals surface area contributed by atoms with Crippen LogP contribution in [0.5, 0.6) is 0 Å². The highest BCUT2D eigenvalue weighted by Gasteiger charge is 2.21. The first-order valence-corrected chi connectivity index (χ1v) is 8.94. The van der Waals surface area contributed by atoms with Crippen molar-refractivity contribution in [3.8, 4) is 10.4 Å². The van der Waals surface area contributed by atoms with Crippen LogP contribution in [0.15, 0.2) is 66.0 Å². The van der Waals surface area contributed by atoms with Crippen LogP contribution in [0.1, 0.15) is 22.1 Å². The lowest BCUT2D eigenvalue weighted by molar-refractivity contribution is -0.146. The average molecular weight is 384 g/mol. The van der Waals surface area contributed by atoms with Gasteiger partial charge >= 0.3 is 5.97 Å². The molecule has 2 N–H and O–H groups in total. The third kappa shape index (κ3) is 4.05. The lowest BCUT2D eigenvalue weighted by Crippen LogP contribution is -2.37. The number of nitrogens with two attached hydrogens (primary N) is 1. The highest BCUT2D eigenvalue weighted by atomic mass is 32.1. The summed E-state index contributed by atoms with van der Waals surface area (Å²) in [5, 5.41) is 3.01. The van der Waals surface area contributed by atoms with E-state index in [4.69, 9.17) is 5.84 Å². The molecule has 1 amide bonds. The number of hydrogen-bond acceptors (Lipinski definition) is 5. The van der Waals surface area contributed by atoms with Gasteiger partial charge in [-0.1, -0.05) is 30.3 Å². The molecule has 0 aliphatic carbocycles. The number of benzene rings is 2. The number of amides is 1. The SMILES string of the molecule is COC(=O)C(F)c1ccc(C(=O)N(N)c2cccc(-c3cccs3)c2)cc1. The van der Waals surface area contributed by atoms with Gasteiger partial charge in [0.15, 0.2) is 0 Å². The Morgan fingerprint density at radius 3 is 2.48 bits per heavy atom. The molecular formula is C20H17FN2O3S. The van der Waals surface area contributed by atoms with Crippen LogP contribution < -0.4 is 10.9 Å². The number of carbonyl (C=O) groups excluding carboxylic acids is 2. The fraction of sp³-hybridized carbons (Fsp3) is 0.100. The van der Waals surface area contributed by atoms with Crippen molar-refractivity contribution in [3.05, 3.63) is 77.2 Å². The Balaban J connectivity index is 1.79. The summed E-state index contributed by atoms with van der Waals surface area (Å²) in [7, 11) is 1.11. The van der Waals surface area contributed by atoms with Gasteiger partial charge in [0.25, 0.3) is 5.91 Å². The van der Waals surface area contributed by atoms with E-state index in [1.54, 1.807) is 17.4 Å². The van der Waals surface area contributed by atoms with Crippen LogP contribution in [-0.4, -0.2) is 19.0 Å². The van der Waals surface area contributed by atoms with Crippen LogP contribution in [-0.2, 0) is 9.53 Å². The summed E-state index contributed by atoms with van der Waals surface area (Å²) in [5.41, 5.74) is 1.88. The molecule has 1 unspecified atom stereocenters. The molecule has 0 fully saturated rings. The second-order valence-electron chi connectivity index (χ2n) is 5.71. The van der Waals surface area contributed by atoms with Gasteiger partial charge in [-0.3, -0.25) is 4.79 Å². The van der Waals surface area contributed by atoms with E-state index in [-0.39, 0.29) is 11.1 Å². The molecule has 5 nitrogen and oxygen atoms in total. The number of methoxy groups -OCH3 is 1. The van der Waals surface area contributed by atoms with Gasteiger partial charge in [-0.2, -0.15) is 0 Å². The van der Waals surface area contributed by atoms with E-state index < -0.39 is 18.0 Å². The Labute approximate surface area is 159 Å². The highest BCUT2D eigenvalue weighted by molar-refractivity contribution is 7.13. The van der Waals surface area contributed by atoms with Crippen LogP contribution in [0.3, 0.4) is 0 Å². The molecule has 0 spiro atoms. The molecule has 3 rings (SSSR count). The number of rotatable bonds is 5. The highest BCUT2D eigenvalue weighted by Crippen LogP contribution is 2.28. The number of nitrogens with zero attached hydrogens (tertiary/aromatic N) is 1. The quantitative estimate of drug-likeness (QED) is 0.311. The van der Waals surface area contributed by atoms with Gasteiger partial charge in [-0.15, -0.1) is 11.3 Å². The minimum atomic E-state index is -1.89. The predicted molar refractivity (Wildman–Crippen MR) is 103 cm³/mol. The normalized spacial score (nSPS) is 11.7. The van der Waals surface area contributed by atoms with Crippen molar-refractivity contribution >= 4 is 28.9 Å². The van der Waals surface area contributed by atoms with Gasteiger partial charge in [0.1, 0.15) is 0 Å². The number of hydrogen-bond donors (Lipinski definition) is 1. The molecular weight excluding hydrogens is 367 g/mol. The molecule has 1 aromatic heterocycles. The summed E-state index contributed by atoms with van der Waals surface area (Å²) in [4.78, 5) is 25.0. The van der Waals surface area contributed by atoms with E-state index in [0.29, 0.717) is 5.69 Å². The third-order valence-corrected chi connectivity index (χ3v) is 4.93. The van der Waals surface area contributed by atoms with E-state index in [0.717, 1.165) is 22.6 Å². The maximum atomic E-state index is 13.9. The van der Waals surface area contributed by atoms with Gasteiger partial charge < -0.3 is 4.74 Å². The Bertz CT molecular complexity index is 942. The Kier molecular flexibility index (Phi) is 5.63. The lowest BCUT2D eigenvalue weighted by atomic mass is 10.1. The van der Waals surface area contributed by atoms with Gasteiger partial charge in [0, 0.05) is 10.4 Å². The summed E-state index contributed by atoms with van der Waals surface area (Å²) in [6.07, 6.45) is -1.89. The fourth-order valence-electron chi connectivity index (χ4n) is 2.54. The van der Waals surface area contributed by atoms with Crippen molar-refractivity contribution in [3.63, 3.8) is 0 Å². The number of ether oxygens (including phenoxy) is 1. The summed E-state index contributed by atoms with van der Waals surface area (Å²) in [6, 6.07) is 16.8. The fourth-order valence-corrected chi connectivity index (χ4v) is 3.27. The van der Waals surface area contributed by atoms with Crippen molar-refractivity contribution in [2.45, 2.75) is 6.17 Å². The first kappa shape index (κ1) is 18.8. The maximum absolute atomic E-state index is 13.9. The third-order valence-electron chi connectivity index (χ3n) is 4.01. The standard InChI is InChI=1S/C20H17FN2O3S/c1-26-20(25)18(21)13-7-9-14(10-8-13)19(24)23(22)16-5-2-4-15(12-16)17-6-3-11-27-17/h2-12,18H,22H2,1H3. The van der Waals surface area contributed by atoms with E-state index in [1.165, 1.54) is 24.3 Å². The number of anilines is 1. The van der Waals surface area contributed by atoms with Crippen LogP contribution >= 0.6 is 11.3 Å². The molecule has 2 aromatic carbocycles. The van der Waals surface area contributed by atoms with Crippen molar-refractivity contribution < 1.29 is 18.7 Å². The first-order chi connectivity index (χ1) is 13.0. The van der Waals surface area contributed by atoms with E-state index in [1.807, 2.05) is 35.7 Å². The second kappa shape index (κ2) is 8.11. The second-order valence-corrected chi connectivity index (χ2v) is 6.66. The van der Waals surface area contributed by atoms with Crippen molar-refractivity contribution in [2.75, 3.05) is 12.1 Å². The van der Waals surface area contributed by atoms with Crippen molar-refractivity contribution in [1.29, 1.82) is 0 Å². The van der Waals surface area contributed by atoms with Crippen LogP contribution in [0.25, 0.3) is 10.4 Å². The molecule has 0 aliphatic heterocycles. The summed E-state index contributed by atoms with van der Waals surface area (Å²) >= 11 is 1.59. The maximum Gasteiger partial charge on any atom is 0.345 e. The Morgan fingerprint density at radius 1 is 1.11 bits per heavy atom. The zero-order valence-electron chi connectivity index (χ0n) is 14.5. The number of alkyl halides is 1. The molecule has 138 valence electrons. The molecule has 1 atom stereocenters. The number of halogens is 1. The predicted octanol–water partition coefficient (Wildman–Crippen LogP) is 4.12. The van der Waals surface area contributed by atoms with E-state index >= 15 is 0 Å². The number of hydrazine groups is 1. The Morgan fingerprint density at radius 2 is 1.85 bits per heavy atom. The smallest absolute Gasteiger partial charge is 0.345 e. The zero-order valence-corrected chi connectivity index (χ0v) is 15.3. The topological polar surface area (TPSA) is 72.6 Å². The van der Waals surface area contributed by atoms with E-state index in [9.17, 15) is 14.0 Å². The lowest BCUT2D eigenvalue weighted by Gasteiger charge is -2.18. The summed E-state index contributed by atoms with van der Waals surface area (Å²) < 4.78 is 18.2. The zero-order chi connectivity index (χ0) is 19.4. The van der Waals surface area contributed by atoms with Crippen molar-refractivity contribution in [2.24, 2.45) is 5.84 Å². The summed E-state index contributed by atoms with van der Waals surface area (Å²) in [5.74, 6) is 4.57. The monoisotopic (exact) mass is 384 g/mol. The first-order valence-electron chi connectivity index (χ1n) is 8.06. The molecule has 0 bridgehead atoms. The number of esters is 1. The molecule has 1 heterocycles. The number of carbonyl (C=O) groups is 2. The summed E-state index contributed by atoms with van der Waals surface area (Å²) in [6.45, 7) is 0. The molecule has 0 saturated heterocycles. The van der Waals surface area contributed by atoms with Crippen LogP contribution in [0, 0.1) is 0 Å². The molecule has 0 radical (unpaired) electrons. The molecule has 3 aromatic rings. The largest absolute Gasteiger partial charge is 0.467 e. The molecule has 7 heteroatoms. The van der Waals surface area contributed by atoms with Crippen molar-refractivity contribution in [1.82, 2.24) is 0 Å². The van der Waals surface area contributed by atoms with Gasteiger partial charge in [-0.25, -0.2) is 20.0 Å². The number of thiophene rings is 1. The van der Waals surface area contributed by atoms with Gasteiger partial charge in [0.2, 0.25) is 6.17 Å². The van der Waals surface area contributed by atoms with Gasteiger partial charge in [0.05, 0.1) is 12.8 Å². The molecule has 0 saturated carbocycles. The van der Waals surface area contributed by atoms with Gasteiger partial charge in [-0.05, 0) is 46.8 Å².